The molecule has 0 spiro atoms. The Balaban J connectivity index is 1.61. The van der Waals surface area contributed by atoms with Crippen molar-refractivity contribution >= 4 is 0 Å². The van der Waals surface area contributed by atoms with Gasteiger partial charge >= 0.3 is 0 Å². The second-order valence-corrected chi connectivity index (χ2v) is 11.0. The predicted molar refractivity (Wildman–Crippen MR) is 161 cm³/mol. The Morgan fingerprint density at radius 3 is 0.514 bits per heavy atom. The maximum Gasteiger partial charge on any atom is -0.0175 e. The highest BCUT2D eigenvalue weighted by atomic mass is 14.1. The average Bonchev–Trinajstić information content (AvgIpc) is 2.81. The molecule has 0 aromatic heterocycles. The summed E-state index contributed by atoms with van der Waals surface area (Å²) in [5, 5.41) is 0. The van der Waals surface area contributed by atoms with Crippen molar-refractivity contribution in [2.75, 3.05) is 0 Å². The van der Waals surface area contributed by atoms with Crippen molar-refractivity contribution in [3.63, 3.8) is 0 Å². The van der Waals surface area contributed by atoms with E-state index >= 15 is 0 Å². The van der Waals surface area contributed by atoms with Gasteiger partial charge in [-0.3, -0.25) is 0 Å². The van der Waals surface area contributed by atoms with E-state index in [1.165, 1.54) is 83.5 Å². The zero-order valence-corrected chi connectivity index (χ0v) is 23.2. The lowest BCUT2D eigenvalue weighted by Crippen LogP contribution is -1.90. The number of hydrogen-bond donors (Lipinski definition) is 0. The van der Waals surface area contributed by atoms with E-state index in [0.717, 1.165) is 0 Å². The van der Waals surface area contributed by atoms with Crippen molar-refractivity contribution in [1.29, 1.82) is 0 Å². The van der Waals surface area contributed by atoms with Crippen molar-refractivity contribution in [1.82, 2.24) is 0 Å². The molecule has 0 saturated carbocycles. The van der Waals surface area contributed by atoms with Gasteiger partial charge in [-0.1, -0.05) is 95.1 Å². The zero-order valence-electron chi connectivity index (χ0n) is 23.2. The highest BCUT2D eigenvalue weighted by Gasteiger charge is 2.10. The molecule has 0 aliphatic rings. The van der Waals surface area contributed by atoms with Crippen LogP contribution in [0.1, 0.15) is 38.9 Å². The quantitative estimate of drug-likeness (QED) is 0.240. The fourth-order valence-corrected chi connectivity index (χ4v) is 5.63. The third-order valence-corrected chi connectivity index (χ3v) is 7.01. The zero-order chi connectivity index (χ0) is 26.3. The molecule has 5 aromatic rings. The number of aryl methyl sites for hydroxylation is 7. The molecule has 0 bridgehead atoms. The summed E-state index contributed by atoms with van der Waals surface area (Å²) in [5.74, 6) is 0. The molecule has 0 radical (unpaired) electrons. The van der Waals surface area contributed by atoms with Crippen LogP contribution >= 0.6 is 0 Å². The third kappa shape index (κ3) is 5.59. The maximum absolute atomic E-state index is 2.35. The average molecular weight is 481 g/mol. The van der Waals surface area contributed by atoms with Crippen LogP contribution in [0.25, 0.3) is 44.5 Å². The molecule has 0 saturated heterocycles. The smallest absolute Gasteiger partial charge is 0.0175 e. The van der Waals surface area contributed by atoms with E-state index in [0.29, 0.717) is 0 Å². The van der Waals surface area contributed by atoms with Crippen molar-refractivity contribution in [3.8, 4) is 44.5 Å². The first-order valence-electron chi connectivity index (χ1n) is 13.2. The Morgan fingerprint density at radius 2 is 0.324 bits per heavy atom. The molecule has 0 fully saturated rings. The molecule has 184 valence electrons. The van der Waals surface area contributed by atoms with E-state index < -0.39 is 0 Å². The van der Waals surface area contributed by atoms with Gasteiger partial charge in [-0.05, 0) is 128 Å². The number of rotatable bonds is 4. The number of hydrogen-bond acceptors (Lipinski definition) is 0. The van der Waals surface area contributed by atoms with Crippen LogP contribution in [0.4, 0.5) is 0 Å². The molecule has 0 amide bonds. The molecule has 5 rings (SSSR count). The lowest BCUT2D eigenvalue weighted by Gasteiger charge is -2.14. The van der Waals surface area contributed by atoms with Gasteiger partial charge in [-0.2, -0.15) is 0 Å². The third-order valence-electron chi connectivity index (χ3n) is 7.01. The van der Waals surface area contributed by atoms with Crippen LogP contribution in [0.3, 0.4) is 0 Å². The molecule has 5 aromatic carbocycles. The normalized spacial score (nSPS) is 11.1. The molecule has 0 nitrogen and oxygen atoms in total. The summed E-state index contributed by atoms with van der Waals surface area (Å²) in [6.45, 7) is 15.3. The minimum absolute atomic E-state index is 1.26. The summed E-state index contributed by atoms with van der Waals surface area (Å²) in [6.07, 6.45) is 0. The summed E-state index contributed by atoms with van der Waals surface area (Å²) in [5.41, 5.74) is 19.2. The van der Waals surface area contributed by atoms with Crippen LogP contribution in [0.5, 0.6) is 0 Å². The molecule has 0 aliphatic heterocycles. The minimum Gasteiger partial charge on any atom is -0.0563 e. The van der Waals surface area contributed by atoms with Crippen LogP contribution in [0.15, 0.2) is 91.0 Å². The summed E-state index contributed by atoms with van der Waals surface area (Å²) in [4.78, 5) is 0. The Hall–Kier alpha value is -3.90. The van der Waals surface area contributed by atoms with Crippen molar-refractivity contribution < 1.29 is 0 Å². The molecule has 0 atom stereocenters. The lowest BCUT2D eigenvalue weighted by molar-refractivity contribution is 1.37. The van der Waals surface area contributed by atoms with Gasteiger partial charge in [0.05, 0.1) is 0 Å². The van der Waals surface area contributed by atoms with Gasteiger partial charge in [-0.15, -0.1) is 0 Å². The van der Waals surface area contributed by atoms with Gasteiger partial charge in [0, 0.05) is 0 Å². The molecular formula is C37H36. The van der Waals surface area contributed by atoms with Gasteiger partial charge in [0.1, 0.15) is 0 Å². The van der Waals surface area contributed by atoms with E-state index in [4.69, 9.17) is 0 Å². The fourth-order valence-electron chi connectivity index (χ4n) is 5.63. The van der Waals surface area contributed by atoms with E-state index in [-0.39, 0.29) is 0 Å². The van der Waals surface area contributed by atoms with Crippen LogP contribution < -0.4 is 0 Å². The lowest BCUT2D eigenvalue weighted by atomic mass is 9.91. The molecule has 0 unspecified atom stereocenters. The SMILES string of the molecule is Cc1cc(C)cc(-c2cc(C)cc(-c3cc(C)cc(-c4cc(C)cc(-c5cc(C)cc(C)c5)c4)c3)c2)c1. The number of benzene rings is 5. The standard InChI is InChI=1S/C37H36/c1-23-8-24(2)11-30(10-23)32-14-27(5)16-34(20-32)36-18-29(7)19-37(22-36)35-17-28(6)15-33(21-35)31-12-25(3)9-26(4)13-31/h8-22H,1-7H3. The highest BCUT2D eigenvalue weighted by Crippen LogP contribution is 2.35. The van der Waals surface area contributed by atoms with E-state index in [1.54, 1.807) is 0 Å². The monoisotopic (exact) mass is 480 g/mol. The molecule has 37 heavy (non-hydrogen) atoms. The van der Waals surface area contributed by atoms with E-state index in [9.17, 15) is 0 Å². The maximum atomic E-state index is 2.35. The van der Waals surface area contributed by atoms with Gasteiger partial charge in [0.25, 0.3) is 0 Å². The Kier molecular flexibility index (Phi) is 6.61. The fraction of sp³-hybridized carbons (Fsp3) is 0.189. The van der Waals surface area contributed by atoms with Crippen molar-refractivity contribution in [2.45, 2.75) is 48.5 Å². The second kappa shape index (κ2) is 9.87. The summed E-state index contributed by atoms with van der Waals surface area (Å²) < 4.78 is 0. The summed E-state index contributed by atoms with van der Waals surface area (Å²) >= 11 is 0. The van der Waals surface area contributed by atoms with Gasteiger partial charge in [0.2, 0.25) is 0 Å². The topological polar surface area (TPSA) is 0 Å². The summed E-state index contributed by atoms with van der Waals surface area (Å²) in [6, 6.07) is 34.5. The molecule has 0 aliphatic carbocycles. The van der Waals surface area contributed by atoms with Crippen LogP contribution in [0, 0.1) is 48.5 Å². The van der Waals surface area contributed by atoms with Crippen molar-refractivity contribution in [3.05, 3.63) is 130 Å². The van der Waals surface area contributed by atoms with E-state index in [1.807, 2.05) is 0 Å². The molecule has 0 heterocycles. The molecular weight excluding hydrogens is 444 g/mol. The second-order valence-electron chi connectivity index (χ2n) is 11.0. The van der Waals surface area contributed by atoms with Gasteiger partial charge in [-0.25, -0.2) is 0 Å². The van der Waals surface area contributed by atoms with Crippen molar-refractivity contribution in [2.24, 2.45) is 0 Å². The first-order chi connectivity index (χ1) is 17.6. The Bertz CT molecular complexity index is 1470. The first kappa shape index (κ1) is 24.8. The first-order valence-corrected chi connectivity index (χ1v) is 13.2. The van der Waals surface area contributed by atoms with Gasteiger partial charge in [0.15, 0.2) is 0 Å². The Labute approximate surface area is 222 Å². The predicted octanol–water partition coefficient (Wildman–Crippen LogP) is 10.5. The van der Waals surface area contributed by atoms with Gasteiger partial charge < -0.3 is 0 Å². The summed E-state index contributed by atoms with van der Waals surface area (Å²) in [7, 11) is 0. The van der Waals surface area contributed by atoms with E-state index in [2.05, 4.69) is 139 Å². The van der Waals surface area contributed by atoms with Crippen LogP contribution in [0.2, 0.25) is 0 Å². The minimum atomic E-state index is 1.26. The molecule has 0 N–H and O–H groups in total. The van der Waals surface area contributed by atoms with Crippen LogP contribution in [-0.2, 0) is 0 Å². The molecule has 0 heteroatoms. The Morgan fingerprint density at radius 1 is 0.189 bits per heavy atom. The largest absolute Gasteiger partial charge is 0.0563 e. The highest BCUT2D eigenvalue weighted by molar-refractivity contribution is 5.81. The van der Waals surface area contributed by atoms with Crippen LogP contribution in [-0.4, -0.2) is 0 Å².